The largest absolute Gasteiger partial charge is 0.358 e. The molecule has 0 atom stereocenters. The molecule has 0 aliphatic carbocycles. The number of aromatic nitrogens is 5. The van der Waals surface area contributed by atoms with E-state index in [2.05, 4.69) is 32.6 Å². The summed E-state index contributed by atoms with van der Waals surface area (Å²) in [5.74, 6) is 0.411. The van der Waals surface area contributed by atoms with Crippen molar-refractivity contribution in [2.24, 2.45) is 0 Å². The maximum Gasteiger partial charge on any atom is 0.233 e. The van der Waals surface area contributed by atoms with Crippen LogP contribution in [0.15, 0.2) is 53.7 Å². The van der Waals surface area contributed by atoms with Gasteiger partial charge in [0.1, 0.15) is 0 Å². The normalized spacial score (nSPS) is 13.6. The number of nitrogens with one attached hydrogen (secondary N) is 1. The van der Waals surface area contributed by atoms with Gasteiger partial charge in [0, 0.05) is 41.7 Å². The van der Waals surface area contributed by atoms with E-state index in [0.717, 1.165) is 24.2 Å². The molecule has 29 heavy (non-hydrogen) atoms. The molecule has 0 radical (unpaired) electrons. The summed E-state index contributed by atoms with van der Waals surface area (Å²) in [5, 5.41) is 13.8. The van der Waals surface area contributed by atoms with Crippen molar-refractivity contribution in [3.63, 3.8) is 0 Å². The fourth-order valence-corrected chi connectivity index (χ4v) is 4.51. The van der Waals surface area contributed by atoms with E-state index in [1.807, 2.05) is 48.2 Å². The molecule has 0 bridgehead atoms. The smallest absolute Gasteiger partial charge is 0.233 e. The van der Waals surface area contributed by atoms with Crippen LogP contribution in [0.1, 0.15) is 16.8 Å². The number of tetrazole rings is 1. The van der Waals surface area contributed by atoms with E-state index in [1.54, 1.807) is 4.68 Å². The molecule has 146 valence electrons. The molecule has 5 rings (SSSR count). The number of nitrogens with zero attached hydrogens (tertiary/aromatic N) is 5. The van der Waals surface area contributed by atoms with Crippen molar-refractivity contribution < 1.29 is 4.79 Å². The maximum absolute atomic E-state index is 12.9. The molecule has 0 unspecified atom stereocenters. The number of aryl methyl sites for hydroxylation is 1. The number of carbonyl (C=O) groups is 1. The van der Waals surface area contributed by atoms with Gasteiger partial charge >= 0.3 is 0 Å². The van der Waals surface area contributed by atoms with Gasteiger partial charge in [-0.05, 0) is 35.5 Å². The number of amides is 1. The number of H-pyrrole nitrogens is 1. The van der Waals surface area contributed by atoms with E-state index in [-0.39, 0.29) is 5.91 Å². The third-order valence-corrected chi connectivity index (χ3v) is 6.18. The van der Waals surface area contributed by atoms with Gasteiger partial charge in [-0.3, -0.25) is 4.79 Å². The van der Waals surface area contributed by atoms with Crippen LogP contribution in [0.4, 0.5) is 0 Å². The molecule has 1 N–H and O–H groups in total. The molecule has 2 aromatic heterocycles. The van der Waals surface area contributed by atoms with Crippen LogP contribution in [0.25, 0.3) is 16.6 Å². The van der Waals surface area contributed by atoms with Crippen LogP contribution >= 0.6 is 11.8 Å². The molecule has 1 aliphatic heterocycles. The Kier molecular flexibility index (Phi) is 4.55. The van der Waals surface area contributed by atoms with Gasteiger partial charge in [-0.25, -0.2) is 0 Å². The zero-order valence-corrected chi connectivity index (χ0v) is 16.8. The van der Waals surface area contributed by atoms with E-state index < -0.39 is 0 Å². The Hall–Kier alpha value is -3.13. The average Bonchev–Trinajstić information content (AvgIpc) is 3.36. The quantitative estimate of drug-likeness (QED) is 0.529. The maximum atomic E-state index is 12.9. The fourth-order valence-electron chi connectivity index (χ4n) is 3.71. The van der Waals surface area contributed by atoms with Crippen LogP contribution in [-0.4, -0.2) is 48.3 Å². The zero-order valence-electron chi connectivity index (χ0n) is 16.0. The molecule has 0 saturated carbocycles. The van der Waals surface area contributed by atoms with E-state index in [1.165, 1.54) is 34.0 Å². The Morgan fingerprint density at radius 1 is 1.17 bits per heavy atom. The second-order valence-electron chi connectivity index (χ2n) is 7.19. The third-order valence-electron chi connectivity index (χ3n) is 5.28. The summed E-state index contributed by atoms with van der Waals surface area (Å²) in [6.07, 6.45) is 0.849. The summed E-state index contributed by atoms with van der Waals surface area (Å²) in [5.41, 5.74) is 5.67. The highest BCUT2D eigenvalue weighted by molar-refractivity contribution is 7.99. The lowest BCUT2D eigenvalue weighted by Gasteiger charge is -2.27. The van der Waals surface area contributed by atoms with Crippen LogP contribution < -0.4 is 0 Å². The monoisotopic (exact) mass is 404 g/mol. The lowest BCUT2D eigenvalue weighted by atomic mass is 10.0. The molecular formula is C21H20N6OS. The number of hydrogen-bond donors (Lipinski definition) is 1. The van der Waals surface area contributed by atoms with Crippen molar-refractivity contribution >= 4 is 28.6 Å². The van der Waals surface area contributed by atoms with Gasteiger partial charge in [0.15, 0.2) is 0 Å². The summed E-state index contributed by atoms with van der Waals surface area (Å²) in [4.78, 5) is 18.3. The van der Waals surface area contributed by atoms with E-state index in [0.29, 0.717) is 17.5 Å². The predicted molar refractivity (Wildman–Crippen MR) is 112 cm³/mol. The minimum absolute atomic E-state index is 0.101. The zero-order chi connectivity index (χ0) is 19.8. The highest BCUT2D eigenvalue weighted by atomic mass is 32.2. The molecule has 0 saturated heterocycles. The number of rotatable bonds is 4. The Morgan fingerprint density at radius 3 is 2.86 bits per heavy atom. The number of thioether (sulfide) groups is 1. The summed E-state index contributed by atoms with van der Waals surface area (Å²) in [6.45, 7) is 3.40. The minimum atomic E-state index is 0.101. The first kappa shape index (κ1) is 17.9. The molecule has 0 spiro atoms. The highest BCUT2D eigenvalue weighted by Crippen LogP contribution is 2.28. The van der Waals surface area contributed by atoms with Gasteiger partial charge in [-0.2, -0.15) is 4.68 Å². The van der Waals surface area contributed by atoms with Gasteiger partial charge in [-0.1, -0.05) is 47.7 Å². The topological polar surface area (TPSA) is 79.7 Å². The van der Waals surface area contributed by atoms with E-state index in [9.17, 15) is 4.79 Å². The van der Waals surface area contributed by atoms with Crippen molar-refractivity contribution in [2.75, 3.05) is 12.3 Å². The lowest BCUT2D eigenvalue weighted by Crippen LogP contribution is -2.36. The number of fused-ring (bicyclic) bond motifs is 3. The molecule has 8 heteroatoms. The van der Waals surface area contributed by atoms with E-state index in [4.69, 9.17) is 0 Å². The molecule has 0 fully saturated rings. The number of carbonyl (C=O) groups excluding carboxylic acids is 1. The first-order valence-corrected chi connectivity index (χ1v) is 10.5. The van der Waals surface area contributed by atoms with Crippen LogP contribution in [0, 0.1) is 6.92 Å². The Morgan fingerprint density at radius 2 is 2.00 bits per heavy atom. The summed E-state index contributed by atoms with van der Waals surface area (Å²) in [6, 6.07) is 16.2. The van der Waals surface area contributed by atoms with Crippen LogP contribution in [-0.2, 0) is 17.8 Å². The average molecular weight is 404 g/mol. The molecule has 4 aromatic rings. The van der Waals surface area contributed by atoms with Crippen molar-refractivity contribution in [1.29, 1.82) is 0 Å². The molecule has 7 nitrogen and oxygen atoms in total. The van der Waals surface area contributed by atoms with Crippen molar-refractivity contribution in [3.05, 3.63) is 65.4 Å². The third kappa shape index (κ3) is 3.40. The Bertz CT molecular complexity index is 1180. The van der Waals surface area contributed by atoms with Gasteiger partial charge in [0.25, 0.3) is 0 Å². The van der Waals surface area contributed by atoms with Crippen LogP contribution in [0.3, 0.4) is 0 Å². The molecular weight excluding hydrogens is 384 g/mol. The van der Waals surface area contributed by atoms with Crippen molar-refractivity contribution in [3.8, 4) is 5.69 Å². The minimum Gasteiger partial charge on any atom is -0.358 e. The number of para-hydroxylation sites is 1. The molecule has 1 amide bonds. The summed E-state index contributed by atoms with van der Waals surface area (Å²) >= 11 is 1.37. The fraction of sp³-hybridized carbons (Fsp3) is 0.238. The van der Waals surface area contributed by atoms with Gasteiger partial charge in [0.2, 0.25) is 11.1 Å². The summed E-state index contributed by atoms with van der Waals surface area (Å²) < 4.78 is 1.67. The Labute approximate surface area is 172 Å². The highest BCUT2D eigenvalue weighted by Gasteiger charge is 2.24. The summed E-state index contributed by atoms with van der Waals surface area (Å²) in [7, 11) is 0. The van der Waals surface area contributed by atoms with Crippen molar-refractivity contribution in [2.45, 2.75) is 25.0 Å². The van der Waals surface area contributed by atoms with Crippen LogP contribution in [0.5, 0.6) is 0 Å². The van der Waals surface area contributed by atoms with E-state index >= 15 is 0 Å². The second kappa shape index (κ2) is 7.36. The van der Waals surface area contributed by atoms with Gasteiger partial charge in [-0.15, -0.1) is 5.10 Å². The van der Waals surface area contributed by atoms with Crippen LogP contribution in [0.2, 0.25) is 0 Å². The van der Waals surface area contributed by atoms with Gasteiger partial charge < -0.3 is 9.88 Å². The molecule has 2 aromatic carbocycles. The first-order chi connectivity index (χ1) is 14.2. The molecule has 3 heterocycles. The molecule has 1 aliphatic rings. The second-order valence-corrected chi connectivity index (χ2v) is 8.13. The van der Waals surface area contributed by atoms with Crippen molar-refractivity contribution in [1.82, 2.24) is 30.1 Å². The number of aromatic amines is 1. The Balaban J connectivity index is 1.29. The number of hydrogen-bond acceptors (Lipinski definition) is 5. The predicted octanol–water partition coefficient (Wildman–Crippen LogP) is 3.13. The standard InChI is InChI=1S/C21H20N6OS/c1-14-6-8-15(9-7-14)27-21(23-24-25-27)29-13-20(28)26-11-10-19-17(12-26)16-4-2-3-5-18(16)22-19/h2-9,22H,10-13H2,1H3. The first-order valence-electron chi connectivity index (χ1n) is 9.53. The van der Waals surface area contributed by atoms with Gasteiger partial charge in [0.05, 0.1) is 11.4 Å². The SMILES string of the molecule is Cc1ccc(-n2nnnc2SCC(=O)N2CCc3[nH]c4ccccc4c3C2)cc1. The number of benzene rings is 2. The lowest BCUT2D eigenvalue weighted by molar-refractivity contribution is -0.129.